The van der Waals surface area contributed by atoms with Crippen LogP contribution in [0, 0.1) is 0 Å². The van der Waals surface area contributed by atoms with E-state index in [1.54, 1.807) is 24.5 Å². The van der Waals surface area contributed by atoms with Gasteiger partial charge in [0.1, 0.15) is 11.0 Å². The molecule has 0 radical (unpaired) electrons. The summed E-state index contributed by atoms with van der Waals surface area (Å²) in [7, 11) is -1.10. The second-order valence-corrected chi connectivity index (χ2v) is 9.88. The maximum Gasteiger partial charge on any atom is 0.126 e. The number of pyridine rings is 1. The van der Waals surface area contributed by atoms with Crippen LogP contribution in [-0.2, 0) is 11.0 Å². The lowest BCUT2D eigenvalue weighted by molar-refractivity contribution is 0.473. The van der Waals surface area contributed by atoms with Gasteiger partial charge in [0, 0.05) is 46.2 Å². The molecule has 1 saturated heterocycles. The number of piperidine rings is 1. The number of nitrogens with zero attached hydrogens (tertiary/aromatic N) is 2. The van der Waals surface area contributed by atoms with Gasteiger partial charge in [-0.2, -0.15) is 0 Å². The van der Waals surface area contributed by atoms with Crippen LogP contribution in [0.15, 0.2) is 71.9 Å². The summed E-state index contributed by atoms with van der Waals surface area (Å²) in [4.78, 5) is 6.98. The van der Waals surface area contributed by atoms with E-state index in [0.717, 1.165) is 28.6 Å². The van der Waals surface area contributed by atoms with Crippen LogP contribution < -0.4 is 9.62 Å². The van der Waals surface area contributed by atoms with Crippen molar-refractivity contribution < 1.29 is 4.21 Å². The first kappa shape index (κ1) is 25.0. The Morgan fingerprint density at radius 1 is 1.06 bits per heavy atom. The van der Waals surface area contributed by atoms with Crippen LogP contribution in [0.1, 0.15) is 37.8 Å². The Balaban J connectivity index is 0.000000222. The molecule has 1 aliphatic rings. The smallest absolute Gasteiger partial charge is 0.126 e. The van der Waals surface area contributed by atoms with E-state index in [-0.39, 0.29) is 0 Å². The highest BCUT2D eigenvalue weighted by molar-refractivity contribution is 7.83. The van der Waals surface area contributed by atoms with Crippen LogP contribution in [0.2, 0.25) is 15.1 Å². The molecule has 2 heterocycles. The molecule has 0 bridgehead atoms. The molecule has 0 spiro atoms. The Bertz CT molecular complexity index is 1020. The van der Waals surface area contributed by atoms with E-state index >= 15 is 0 Å². The Kier molecular flexibility index (Phi) is 9.82. The first-order valence-electron chi connectivity index (χ1n) is 10.5. The van der Waals surface area contributed by atoms with Crippen molar-refractivity contribution >= 4 is 51.5 Å². The maximum atomic E-state index is 11.2. The van der Waals surface area contributed by atoms with Crippen LogP contribution in [0.25, 0.3) is 0 Å². The van der Waals surface area contributed by atoms with Crippen LogP contribution in [0.4, 0.5) is 5.69 Å². The lowest BCUT2D eigenvalue weighted by Crippen LogP contribution is -2.33. The molecule has 1 N–H and O–H groups in total. The third kappa shape index (κ3) is 6.93. The van der Waals surface area contributed by atoms with E-state index in [4.69, 9.17) is 34.8 Å². The van der Waals surface area contributed by atoms with Gasteiger partial charge in [0.15, 0.2) is 0 Å². The maximum absolute atomic E-state index is 11.2. The van der Waals surface area contributed by atoms with E-state index in [1.807, 2.05) is 37.3 Å². The average molecular weight is 511 g/mol. The summed E-state index contributed by atoms with van der Waals surface area (Å²) >= 11 is 18.4. The van der Waals surface area contributed by atoms with Gasteiger partial charge in [0.05, 0.1) is 10.9 Å². The van der Waals surface area contributed by atoms with Crippen molar-refractivity contribution in [3.8, 4) is 0 Å². The fourth-order valence-corrected chi connectivity index (χ4v) is 5.09. The zero-order valence-electron chi connectivity index (χ0n) is 17.8. The number of nitrogens with one attached hydrogen (secondary N) is 1. The molecule has 0 saturated carbocycles. The van der Waals surface area contributed by atoms with Crippen molar-refractivity contribution in [2.75, 3.05) is 18.0 Å². The highest BCUT2D eigenvalue weighted by Crippen LogP contribution is 2.38. The lowest BCUT2D eigenvalue weighted by atomic mass is 9.94. The number of aromatic nitrogens is 1. The number of hydrogen-bond donors (Lipinski definition) is 1. The van der Waals surface area contributed by atoms with E-state index in [0.29, 0.717) is 22.5 Å². The SMILES string of the molecule is CCNS(=O)c1cccnc1.Clc1ccc(N2CCCCC2c2ccc(Cl)cc2Cl)cc1. The Labute approximate surface area is 207 Å². The Morgan fingerprint density at radius 2 is 1.81 bits per heavy atom. The van der Waals surface area contributed by atoms with Gasteiger partial charge in [0.25, 0.3) is 0 Å². The average Bonchev–Trinajstić information content (AvgIpc) is 2.81. The molecule has 3 aromatic rings. The minimum atomic E-state index is -1.10. The largest absolute Gasteiger partial charge is 0.364 e. The van der Waals surface area contributed by atoms with Crippen LogP contribution in [0.5, 0.6) is 0 Å². The van der Waals surface area contributed by atoms with E-state index in [9.17, 15) is 4.21 Å². The molecular weight excluding hydrogens is 485 g/mol. The number of hydrogen-bond acceptors (Lipinski definition) is 3. The minimum absolute atomic E-state index is 0.296. The second-order valence-electron chi connectivity index (χ2n) is 7.30. The number of anilines is 1. The number of halogens is 3. The molecule has 32 heavy (non-hydrogen) atoms. The Hall–Kier alpha value is -1.63. The molecule has 1 fully saturated rings. The van der Waals surface area contributed by atoms with Gasteiger partial charge in [-0.05, 0) is 73.4 Å². The molecule has 2 atom stereocenters. The van der Waals surface area contributed by atoms with Gasteiger partial charge in [-0.15, -0.1) is 0 Å². The minimum Gasteiger partial charge on any atom is -0.364 e. The third-order valence-electron chi connectivity index (χ3n) is 5.11. The number of benzene rings is 2. The molecular formula is C24H26Cl3N3OS. The van der Waals surface area contributed by atoms with Crippen LogP contribution >= 0.6 is 34.8 Å². The van der Waals surface area contributed by atoms with Crippen molar-refractivity contribution in [2.45, 2.75) is 37.1 Å². The van der Waals surface area contributed by atoms with E-state index in [1.165, 1.54) is 18.5 Å². The van der Waals surface area contributed by atoms with Crippen molar-refractivity contribution in [1.29, 1.82) is 0 Å². The summed E-state index contributed by atoms with van der Waals surface area (Å²) in [5.41, 5.74) is 2.34. The van der Waals surface area contributed by atoms with Gasteiger partial charge in [-0.25, -0.2) is 8.93 Å². The quantitative estimate of drug-likeness (QED) is 0.398. The van der Waals surface area contributed by atoms with Crippen LogP contribution in [0.3, 0.4) is 0 Å². The fraction of sp³-hybridized carbons (Fsp3) is 0.292. The monoisotopic (exact) mass is 509 g/mol. The predicted octanol–water partition coefficient (Wildman–Crippen LogP) is 7.09. The molecule has 2 unspecified atom stereocenters. The number of rotatable bonds is 5. The van der Waals surface area contributed by atoms with Gasteiger partial charge >= 0.3 is 0 Å². The molecule has 8 heteroatoms. The molecule has 0 amide bonds. The normalized spacial score (nSPS) is 16.8. The highest BCUT2D eigenvalue weighted by Gasteiger charge is 2.26. The highest BCUT2D eigenvalue weighted by atomic mass is 35.5. The fourth-order valence-electron chi connectivity index (χ4n) is 3.64. The molecule has 170 valence electrons. The van der Waals surface area contributed by atoms with Gasteiger partial charge in [-0.1, -0.05) is 47.8 Å². The standard InChI is InChI=1S/C17H16Cl3N.C7H10N2OS/c18-12-4-7-14(8-5-12)21-10-2-1-3-17(21)15-9-6-13(19)11-16(15)20;1-2-9-11(10)7-4-3-5-8-6-7/h4-9,11,17H,1-3,10H2;3-6,9H,2H2,1H3. The summed E-state index contributed by atoms with van der Waals surface area (Å²) in [5, 5.41) is 2.18. The molecule has 4 rings (SSSR count). The second kappa shape index (κ2) is 12.6. The summed E-state index contributed by atoms with van der Waals surface area (Å²) in [6.07, 6.45) is 6.77. The summed E-state index contributed by atoms with van der Waals surface area (Å²) in [5.74, 6) is 0. The van der Waals surface area contributed by atoms with Gasteiger partial charge in [-0.3, -0.25) is 4.98 Å². The predicted molar refractivity (Wildman–Crippen MR) is 136 cm³/mol. The zero-order valence-corrected chi connectivity index (χ0v) is 20.9. The molecule has 4 nitrogen and oxygen atoms in total. The van der Waals surface area contributed by atoms with E-state index in [2.05, 4.69) is 26.7 Å². The van der Waals surface area contributed by atoms with E-state index < -0.39 is 11.0 Å². The van der Waals surface area contributed by atoms with Gasteiger partial charge in [0.2, 0.25) is 0 Å². The van der Waals surface area contributed by atoms with Crippen molar-refractivity contribution in [1.82, 2.24) is 9.71 Å². The first-order valence-corrected chi connectivity index (χ1v) is 12.8. The molecule has 1 aliphatic heterocycles. The van der Waals surface area contributed by atoms with Crippen molar-refractivity contribution in [3.05, 3.63) is 87.6 Å². The zero-order chi connectivity index (χ0) is 22.9. The topological polar surface area (TPSA) is 45.2 Å². The summed E-state index contributed by atoms with van der Waals surface area (Å²) < 4.78 is 14.0. The molecule has 2 aromatic carbocycles. The lowest BCUT2D eigenvalue weighted by Gasteiger charge is -2.38. The first-order chi connectivity index (χ1) is 15.5. The molecule has 0 aliphatic carbocycles. The summed E-state index contributed by atoms with van der Waals surface area (Å²) in [6, 6.07) is 17.7. The van der Waals surface area contributed by atoms with Crippen molar-refractivity contribution in [3.63, 3.8) is 0 Å². The third-order valence-corrected chi connectivity index (χ3v) is 7.14. The van der Waals surface area contributed by atoms with Crippen LogP contribution in [-0.4, -0.2) is 22.3 Å². The molecule has 1 aromatic heterocycles. The Morgan fingerprint density at radius 3 is 2.47 bits per heavy atom. The van der Waals surface area contributed by atoms with Crippen molar-refractivity contribution in [2.24, 2.45) is 0 Å². The summed E-state index contributed by atoms with van der Waals surface area (Å²) in [6.45, 7) is 3.64. The van der Waals surface area contributed by atoms with Gasteiger partial charge < -0.3 is 4.90 Å².